The second-order valence-corrected chi connectivity index (χ2v) is 8.85. The number of nitrogens with one attached hydrogen (secondary N) is 1. The van der Waals surface area contributed by atoms with Crippen molar-refractivity contribution < 1.29 is 22.4 Å². The molecular weight excluding hydrogens is 397 g/mol. The van der Waals surface area contributed by atoms with E-state index in [1.165, 1.54) is 18.2 Å². The lowest BCUT2D eigenvalue weighted by molar-refractivity contribution is -0.117. The van der Waals surface area contributed by atoms with Crippen LogP contribution < -0.4 is 14.5 Å². The number of nitrogens with zero attached hydrogens (tertiary/aromatic N) is 2. The maximum absolute atomic E-state index is 13.5. The molecule has 1 saturated heterocycles. The third-order valence-corrected chi connectivity index (χ3v) is 5.78. The van der Waals surface area contributed by atoms with E-state index in [4.69, 9.17) is 0 Å². The zero-order chi connectivity index (χ0) is 21.2. The maximum atomic E-state index is 13.5. The lowest BCUT2D eigenvalue weighted by Crippen LogP contribution is -2.37. The quantitative estimate of drug-likeness (QED) is 0.780. The van der Waals surface area contributed by atoms with Crippen LogP contribution in [0.4, 0.5) is 21.5 Å². The Morgan fingerprint density at radius 3 is 2.62 bits per heavy atom. The summed E-state index contributed by atoms with van der Waals surface area (Å²) in [7, 11) is -3.80. The van der Waals surface area contributed by atoms with Crippen LogP contribution in [0.25, 0.3) is 0 Å². The largest absolute Gasteiger partial charge is 0.324 e. The number of carbonyl (C=O) groups is 2. The van der Waals surface area contributed by atoms with E-state index < -0.39 is 28.3 Å². The van der Waals surface area contributed by atoms with Crippen LogP contribution in [0.2, 0.25) is 0 Å². The number of halogens is 1. The zero-order valence-corrected chi connectivity index (χ0v) is 17.0. The fraction of sp³-hybridized carbons (Fsp3) is 0.300. The van der Waals surface area contributed by atoms with Crippen LogP contribution >= 0.6 is 0 Å². The Morgan fingerprint density at radius 1 is 1.24 bits per heavy atom. The van der Waals surface area contributed by atoms with E-state index in [0.717, 1.165) is 34.3 Å². The number of benzene rings is 2. The molecule has 0 aromatic heterocycles. The predicted molar refractivity (Wildman–Crippen MR) is 110 cm³/mol. The van der Waals surface area contributed by atoms with Crippen LogP contribution in [0.5, 0.6) is 0 Å². The molecule has 0 radical (unpaired) electrons. The summed E-state index contributed by atoms with van der Waals surface area (Å²) in [4.78, 5) is 26.2. The normalized spacial score (nSPS) is 14.2. The van der Waals surface area contributed by atoms with Crippen LogP contribution in [-0.2, 0) is 19.6 Å². The van der Waals surface area contributed by atoms with Crippen LogP contribution in [0.1, 0.15) is 18.4 Å². The Bertz CT molecular complexity index is 1060. The molecule has 154 valence electrons. The molecule has 1 fully saturated rings. The molecule has 1 N–H and O–H groups in total. The average Bonchev–Trinajstić information content (AvgIpc) is 3.06. The molecule has 2 amide bonds. The van der Waals surface area contributed by atoms with Crippen molar-refractivity contribution in [2.45, 2.75) is 19.8 Å². The molecule has 2 aromatic carbocycles. The molecule has 0 bridgehead atoms. The number of aryl methyl sites for hydroxylation is 1. The van der Waals surface area contributed by atoms with Crippen molar-refractivity contribution in [3.8, 4) is 0 Å². The summed E-state index contributed by atoms with van der Waals surface area (Å²) in [6.07, 6.45) is 2.23. The summed E-state index contributed by atoms with van der Waals surface area (Å²) >= 11 is 0. The molecule has 0 saturated carbocycles. The molecule has 1 aliphatic rings. The smallest absolute Gasteiger partial charge is 0.245 e. The van der Waals surface area contributed by atoms with Crippen LogP contribution in [0.3, 0.4) is 0 Å². The van der Waals surface area contributed by atoms with Crippen molar-refractivity contribution in [2.24, 2.45) is 0 Å². The lowest BCUT2D eigenvalue weighted by Gasteiger charge is -2.22. The van der Waals surface area contributed by atoms with Gasteiger partial charge in [-0.3, -0.25) is 13.9 Å². The number of carbonyl (C=O) groups excluding carboxylic acids is 2. The monoisotopic (exact) mass is 419 g/mol. The summed E-state index contributed by atoms with van der Waals surface area (Å²) in [5.41, 5.74) is 2.13. The Balaban J connectivity index is 1.79. The SMILES string of the molecule is Cc1ccc(NC(=O)CN(c2cccc(F)c2)S(C)(=O)=O)cc1N1CCCC1=O. The number of sulfonamides is 1. The highest BCUT2D eigenvalue weighted by Crippen LogP contribution is 2.28. The van der Waals surface area contributed by atoms with Gasteiger partial charge in [0.2, 0.25) is 21.8 Å². The van der Waals surface area contributed by atoms with E-state index in [-0.39, 0.29) is 11.6 Å². The minimum Gasteiger partial charge on any atom is -0.324 e. The van der Waals surface area contributed by atoms with Crippen molar-refractivity contribution in [1.29, 1.82) is 0 Å². The average molecular weight is 419 g/mol. The fourth-order valence-electron chi connectivity index (χ4n) is 3.24. The first-order valence-corrected chi connectivity index (χ1v) is 10.9. The highest BCUT2D eigenvalue weighted by molar-refractivity contribution is 7.92. The minimum absolute atomic E-state index is 0.0333. The standard InChI is InChI=1S/C20H22FN3O4S/c1-14-8-9-16(12-18(14)23-10-4-7-20(23)26)22-19(25)13-24(29(2,27)28)17-6-3-5-15(21)11-17/h3,5-6,8-9,11-12H,4,7,10,13H2,1-2H3,(H,22,25). The number of hydrogen-bond donors (Lipinski definition) is 1. The Kier molecular flexibility index (Phi) is 5.88. The predicted octanol–water partition coefficient (Wildman–Crippen LogP) is 2.67. The molecule has 0 spiro atoms. The van der Waals surface area contributed by atoms with Crippen molar-refractivity contribution in [3.05, 3.63) is 53.8 Å². The Labute approximate surface area is 169 Å². The van der Waals surface area contributed by atoms with E-state index in [2.05, 4.69) is 5.32 Å². The second-order valence-electron chi connectivity index (χ2n) is 6.95. The molecule has 0 aliphatic carbocycles. The van der Waals surface area contributed by atoms with Gasteiger partial charge in [-0.1, -0.05) is 12.1 Å². The van der Waals surface area contributed by atoms with Crippen molar-refractivity contribution >= 4 is 38.9 Å². The first-order chi connectivity index (χ1) is 13.6. The summed E-state index contributed by atoms with van der Waals surface area (Å²) in [5.74, 6) is -1.15. The van der Waals surface area contributed by atoms with Gasteiger partial charge in [0.25, 0.3) is 0 Å². The van der Waals surface area contributed by atoms with Gasteiger partial charge in [-0.25, -0.2) is 12.8 Å². The molecule has 1 heterocycles. The van der Waals surface area contributed by atoms with Crippen LogP contribution in [0.15, 0.2) is 42.5 Å². The van der Waals surface area contributed by atoms with Gasteiger partial charge in [0.15, 0.2) is 0 Å². The highest BCUT2D eigenvalue weighted by Gasteiger charge is 2.24. The molecule has 0 atom stereocenters. The van der Waals surface area contributed by atoms with Gasteiger partial charge in [0.05, 0.1) is 11.9 Å². The molecule has 29 heavy (non-hydrogen) atoms. The molecule has 7 nitrogen and oxygen atoms in total. The van der Waals surface area contributed by atoms with Gasteiger partial charge >= 0.3 is 0 Å². The molecule has 9 heteroatoms. The van der Waals surface area contributed by atoms with E-state index in [1.807, 2.05) is 6.92 Å². The van der Waals surface area contributed by atoms with Gasteiger partial charge < -0.3 is 10.2 Å². The maximum Gasteiger partial charge on any atom is 0.245 e. The number of anilines is 3. The van der Waals surface area contributed by atoms with Gasteiger partial charge in [-0.05, 0) is 49.2 Å². The molecule has 3 rings (SSSR count). The third-order valence-electron chi connectivity index (χ3n) is 4.64. The molecular formula is C20H22FN3O4S. The number of hydrogen-bond acceptors (Lipinski definition) is 4. The van der Waals surface area contributed by atoms with E-state index in [0.29, 0.717) is 18.7 Å². The van der Waals surface area contributed by atoms with Crippen molar-refractivity contribution in [2.75, 3.05) is 33.9 Å². The summed E-state index contributed by atoms with van der Waals surface area (Å²) in [6.45, 7) is 1.99. The number of amides is 2. The van der Waals surface area contributed by atoms with Gasteiger partial charge in [-0.15, -0.1) is 0 Å². The Morgan fingerprint density at radius 2 is 2.00 bits per heavy atom. The van der Waals surface area contributed by atoms with Crippen LogP contribution in [-0.4, -0.2) is 39.6 Å². The molecule has 2 aromatic rings. The summed E-state index contributed by atoms with van der Waals surface area (Å²) in [5, 5.41) is 2.66. The zero-order valence-electron chi connectivity index (χ0n) is 16.2. The first kappa shape index (κ1) is 20.8. The van der Waals surface area contributed by atoms with E-state index in [1.54, 1.807) is 23.1 Å². The summed E-state index contributed by atoms with van der Waals surface area (Å²) in [6, 6.07) is 10.2. The first-order valence-electron chi connectivity index (χ1n) is 9.09. The lowest BCUT2D eigenvalue weighted by atomic mass is 10.1. The van der Waals surface area contributed by atoms with Gasteiger partial charge in [-0.2, -0.15) is 0 Å². The fourth-order valence-corrected chi connectivity index (χ4v) is 4.09. The second kappa shape index (κ2) is 8.20. The Hall–Kier alpha value is -2.94. The van der Waals surface area contributed by atoms with Crippen molar-refractivity contribution in [3.63, 3.8) is 0 Å². The van der Waals surface area contributed by atoms with Gasteiger partial charge in [0, 0.05) is 24.3 Å². The van der Waals surface area contributed by atoms with E-state index >= 15 is 0 Å². The molecule has 0 unspecified atom stereocenters. The summed E-state index contributed by atoms with van der Waals surface area (Å²) < 4.78 is 38.6. The minimum atomic E-state index is -3.80. The molecule has 1 aliphatic heterocycles. The van der Waals surface area contributed by atoms with E-state index in [9.17, 15) is 22.4 Å². The topological polar surface area (TPSA) is 86.8 Å². The third kappa shape index (κ3) is 4.92. The number of rotatable bonds is 6. The van der Waals surface area contributed by atoms with Crippen LogP contribution in [0, 0.1) is 12.7 Å². The van der Waals surface area contributed by atoms with Gasteiger partial charge in [0.1, 0.15) is 12.4 Å². The van der Waals surface area contributed by atoms with Crippen molar-refractivity contribution in [1.82, 2.24) is 0 Å². The highest BCUT2D eigenvalue weighted by atomic mass is 32.2.